The second-order valence-corrected chi connectivity index (χ2v) is 5.81. The summed E-state index contributed by atoms with van der Waals surface area (Å²) < 4.78 is 5.47. The summed E-state index contributed by atoms with van der Waals surface area (Å²) >= 11 is 0. The second kappa shape index (κ2) is 5.61. The first kappa shape index (κ1) is 14.8. The van der Waals surface area contributed by atoms with Gasteiger partial charge in [-0.1, -0.05) is 19.9 Å². The van der Waals surface area contributed by atoms with Gasteiger partial charge in [-0.25, -0.2) is 0 Å². The van der Waals surface area contributed by atoms with Gasteiger partial charge in [0.15, 0.2) is 0 Å². The van der Waals surface area contributed by atoms with Crippen LogP contribution in [0.4, 0.5) is 5.69 Å². The van der Waals surface area contributed by atoms with Crippen LogP contribution in [0.2, 0.25) is 0 Å². The van der Waals surface area contributed by atoms with Gasteiger partial charge >= 0.3 is 0 Å². The molecule has 0 aromatic heterocycles. The topological polar surface area (TPSA) is 32.7 Å². The van der Waals surface area contributed by atoms with Crippen molar-refractivity contribution in [1.82, 2.24) is 0 Å². The number of anilines is 1. The smallest absolute Gasteiger partial charge is 0.142 e. The lowest BCUT2D eigenvalue weighted by atomic mass is 9.93. The van der Waals surface area contributed by atoms with Crippen LogP contribution in [0, 0.1) is 19.3 Å². The molecule has 3 nitrogen and oxygen atoms in total. The van der Waals surface area contributed by atoms with Crippen molar-refractivity contribution in [2.45, 2.75) is 27.7 Å². The number of hydrogen-bond donors (Lipinski definition) is 1. The van der Waals surface area contributed by atoms with Crippen molar-refractivity contribution < 1.29 is 9.84 Å². The third-order valence-corrected chi connectivity index (χ3v) is 3.10. The van der Waals surface area contributed by atoms with Crippen LogP contribution in [0.25, 0.3) is 0 Å². The van der Waals surface area contributed by atoms with Crippen LogP contribution in [-0.2, 0) is 0 Å². The van der Waals surface area contributed by atoms with Gasteiger partial charge in [-0.15, -0.1) is 0 Å². The summed E-state index contributed by atoms with van der Waals surface area (Å²) in [4.78, 5) is 2.16. The van der Waals surface area contributed by atoms with E-state index >= 15 is 0 Å². The Morgan fingerprint density at radius 2 is 1.89 bits per heavy atom. The lowest BCUT2D eigenvalue weighted by Gasteiger charge is -2.32. The Kier molecular flexibility index (Phi) is 4.63. The summed E-state index contributed by atoms with van der Waals surface area (Å²) in [6.45, 7) is 9.22. The maximum absolute atomic E-state index is 9.37. The van der Waals surface area contributed by atoms with Crippen molar-refractivity contribution >= 4 is 5.69 Å². The molecule has 0 aliphatic carbocycles. The highest BCUT2D eigenvalue weighted by Crippen LogP contribution is 2.34. The monoisotopic (exact) mass is 251 g/mol. The predicted octanol–water partition coefficient (Wildman–Crippen LogP) is 2.77. The van der Waals surface area contributed by atoms with E-state index in [4.69, 9.17) is 4.74 Å². The summed E-state index contributed by atoms with van der Waals surface area (Å²) in [6.07, 6.45) is 0. The van der Waals surface area contributed by atoms with Gasteiger partial charge in [0.05, 0.1) is 12.8 Å². The molecule has 0 atom stereocenters. The molecule has 1 N–H and O–H groups in total. The molecule has 0 fully saturated rings. The average Bonchev–Trinajstić information content (AvgIpc) is 2.26. The van der Waals surface area contributed by atoms with Gasteiger partial charge in [0, 0.05) is 25.6 Å². The molecule has 0 aliphatic rings. The number of aryl methyl sites for hydroxylation is 2. The molecule has 102 valence electrons. The molecule has 0 radical (unpaired) electrons. The van der Waals surface area contributed by atoms with E-state index in [0.29, 0.717) is 0 Å². The number of ether oxygens (including phenoxy) is 1. The molecule has 0 heterocycles. The third-order valence-electron chi connectivity index (χ3n) is 3.10. The minimum absolute atomic E-state index is 0.128. The molecule has 0 spiro atoms. The zero-order chi connectivity index (χ0) is 13.9. The molecule has 3 heteroatoms. The molecule has 0 saturated carbocycles. The third kappa shape index (κ3) is 3.39. The molecular weight excluding hydrogens is 226 g/mol. The first-order valence-electron chi connectivity index (χ1n) is 6.28. The van der Waals surface area contributed by atoms with E-state index in [2.05, 4.69) is 38.7 Å². The SMILES string of the molecule is COc1cc(C)cc(C)c1N(C)CC(C)(C)CO. The highest BCUT2D eigenvalue weighted by Gasteiger charge is 2.22. The second-order valence-electron chi connectivity index (χ2n) is 5.81. The molecule has 0 unspecified atom stereocenters. The van der Waals surface area contributed by atoms with E-state index in [1.54, 1.807) is 7.11 Å². The van der Waals surface area contributed by atoms with E-state index < -0.39 is 0 Å². The Labute approximate surface area is 110 Å². The first-order chi connectivity index (χ1) is 8.30. The molecule has 1 aromatic carbocycles. The van der Waals surface area contributed by atoms with Crippen LogP contribution in [0.5, 0.6) is 5.75 Å². The summed E-state index contributed by atoms with van der Waals surface area (Å²) in [6, 6.07) is 4.20. The fourth-order valence-electron chi connectivity index (χ4n) is 2.34. The fourth-order valence-corrected chi connectivity index (χ4v) is 2.34. The van der Waals surface area contributed by atoms with E-state index in [0.717, 1.165) is 18.0 Å². The number of rotatable bonds is 5. The van der Waals surface area contributed by atoms with Crippen LogP contribution in [0.1, 0.15) is 25.0 Å². The largest absolute Gasteiger partial charge is 0.495 e. The minimum Gasteiger partial charge on any atom is -0.495 e. The molecule has 18 heavy (non-hydrogen) atoms. The number of methoxy groups -OCH3 is 1. The van der Waals surface area contributed by atoms with E-state index in [1.807, 2.05) is 13.1 Å². The Morgan fingerprint density at radius 3 is 2.39 bits per heavy atom. The lowest BCUT2D eigenvalue weighted by Crippen LogP contribution is -2.34. The van der Waals surface area contributed by atoms with Gasteiger partial charge in [-0.05, 0) is 31.0 Å². The van der Waals surface area contributed by atoms with Crippen molar-refractivity contribution in [1.29, 1.82) is 0 Å². The average molecular weight is 251 g/mol. The van der Waals surface area contributed by atoms with E-state index in [9.17, 15) is 5.11 Å². The Hall–Kier alpha value is -1.22. The highest BCUT2D eigenvalue weighted by molar-refractivity contribution is 5.64. The zero-order valence-corrected chi connectivity index (χ0v) is 12.4. The van der Waals surface area contributed by atoms with Crippen molar-refractivity contribution in [3.63, 3.8) is 0 Å². The van der Waals surface area contributed by atoms with Gasteiger partial charge < -0.3 is 14.7 Å². The Bertz CT molecular complexity index is 413. The van der Waals surface area contributed by atoms with Crippen LogP contribution >= 0.6 is 0 Å². The maximum Gasteiger partial charge on any atom is 0.142 e. The van der Waals surface area contributed by atoms with Gasteiger partial charge in [0.25, 0.3) is 0 Å². The highest BCUT2D eigenvalue weighted by atomic mass is 16.5. The van der Waals surface area contributed by atoms with Crippen LogP contribution < -0.4 is 9.64 Å². The number of aliphatic hydroxyl groups excluding tert-OH is 1. The fraction of sp³-hybridized carbons (Fsp3) is 0.600. The van der Waals surface area contributed by atoms with Gasteiger partial charge in [-0.2, -0.15) is 0 Å². The van der Waals surface area contributed by atoms with Gasteiger partial charge in [0.2, 0.25) is 0 Å². The van der Waals surface area contributed by atoms with Crippen LogP contribution in [-0.4, -0.2) is 32.4 Å². The Balaban J connectivity index is 3.08. The molecule has 1 rings (SSSR count). The van der Waals surface area contributed by atoms with Crippen LogP contribution in [0.15, 0.2) is 12.1 Å². The van der Waals surface area contributed by atoms with Gasteiger partial charge in [-0.3, -0.25) is 0 Å². The Morgan fingerprint density at radius 1 is 1.28 bits per heavy atom. The normalized spacial score (nSPS) is 11.5. The number of nitrogens with zero attached hydrogens (tertiary/aromatic N) is 1. The van der Waals surface area contributed by atoms with Crippen molar-refractivity contribution in [2.75, 3.05) is 32.2 Å². The van der Waals surface area contributed by atoms with Crippen LogP contribution in [0.3, 0.4) is 0 Å². The van der Waals surface area contributed by atoms with E-state index in [1.165, 1.54) is 11.1 Å². The maximum atomic E-state index is 9.37. The number of hydrogen-bond acceptors (Lipinski definition) is 3. The predicted molar refractivity (Wildman–Crippen MR) is 76.6 cm³/mol. The van der Waals surface area contributed by atoms with Gasteiger partial charge in [0.1, 0.15) is 5.75 Å². The quantitative estimate of drug-likeness (QED) is 0.873. The molecule has 0 bridgehead atoms. The zero-order valence-electron chi connectivity index (χ0n) is 12.4. The molecule has 0 saturated heterocycles. The lowest BCUT2D eigenvalue weighted by molar-refractivity contribution is 0.165. The molecule has 0 aliphatic heterocycles. The molecule has 1 aromatic rings. The summed E-state index contributed by atoms with van der Waals surface area (Å²) in [5.74, 6) is 0.892. The first-order valence-corrected chi connectivity index (χ1v) is 6.28. The van der Waals surface area contributed by atoms with E-state index in [-0.39, 0.29) is 12.0 Å². The minimum atomic E-state index is -0.128. The number of aliphatic hydroxyl groups is 1. The molecular formula is C15H25NO2. The van der Waals surface area contributed by atoms with Crippen molar-refractivity contribution in [3.8, 4) is 5.75 Å². The molecule has 0 amide bonds. The van der Waals surface area contributed by atoms with Crippen molar-refractivity contribution in [2.24, 2.45) is 5.41 Å². The summed E-state index contributed by atoms with van der Waals surface area (Å²) in [5.41, 5.74) is 3.37. The number of benzene rings is 1. The summed E-state index contributed by atoms with van der Waals surface area (Å²) in [5, 5.41) is 9.37. The standard InChI is InChI=1S/C15H25NO2/c1-11-7-12(2)14(13(8-11)18-6)16(5)9-15(3,4)10-17/h7-8,17H,9-10H2,1-6H3. The summed E-state index contributed by atoms with van der Waals surface area (Å²) in [7, 11) is 3.74. The van der Waals surface area contributed by atoms with Crippen molar-refractivity contribution in [3.05, 3.63) is 23.3 Å².